The molecule has 0 amide bonds. The molecular weight excluding hydrogens is 254 g/mol. The average Bonchev–Trinajstić information content (AvgIpc) is 2.91. The number of hydrogen-bond acceptors (Lipinski definition) is 4. The summed E-state index contributed by atoms with van der Waals surface area (Å²) in [4.78, 5) is 0. The fourth-order valence-corrected chi connectivity index (χ4v) is 3.40. The van der Waals surface area contributed by atoms with Crippen LogP contribution in [-0.4, -0.2) is 41.3 Å². The zero-order valence-corrected chi connectivity index (χ0v) is 12.1. The number of ether oxygens (including phenoxy) is 1. The third-order valence-electron chi connectivity index (χ3n) is 4.48. The lowest BCUT2D eigenvalue weighted by atomic mass is 9.92. The van der Waals surface area contributed by atoms with Crippen LogP contribution in [0.3, 0.4) is 0 Å². The highest BCUT2D eigenvalue weighted by atomic mass is 16.5. The van der Waals surface area contributed by atoms with Gasteiger partial charge in [-0.25, -0.2) is 0 Å². The Morgan fingerprint density at radius 2 is 2.35 bits per heavy atom. The summed E-state index contributed by atoms with van der Waals surface area (Å²) in [7, 11) is 0. The largest absolute Gasteiger partial charge is 0.394 e. The molecule has 0 spiro atoms. The molecule has 20 heavy (non-hydrogen) atoms. The highest BCUT2D eigenvalue weighted by Gasteiger charge is 2.25. The Morgan fingerprint density at radius 3 is 3.15 bits per heavy atom. The summed E-state index contributed by atoms with van der Waals surface area (Å²) in [6, 6.07) is 0.424. The predicted molar refractivity (Wildman–Crippen MR) is 76.5 cm³/mol. The standard InChI is InChI=1S/C15H25N3O2/c19-7-6-18-15-5-1-4-14(13(15)10-17-18)16-9-12-3-2-8-20-11-12/h10,12,14,16,19H,1-9,11H2. The first-order valence-electron chi connectivity index (χ1n) is 7.85. The van der Waals surface area contributed by atoms with Gasteiger partial charge in [-0.15, -0.1) is 0 Å². The zero-order valence-electron chi connectivity index (χ0n) is 12.1. The van der Waals surface area contributed by atoms with Crippen LogP contribution in [0.1, 0.15) is 43.0 Å². The van der Waals surface area contributed by atoms with E-state index in [0.29, 0.717) is 18.5 Å². The molecule has 2 aliphatic rings. The van der Waals surface area contributed by atoms with Crippen molar-refractivity contribution in [3.8, 4) is 0 Å². The van der Waals surface area contributed by atoms with Gasteiger partial charge in [-0.3, -0.25) is 4.68 Å². The molecule has 0 aromatic carbocycles. The van der Waals surface area contributed by atoms with E-state index in [2.05, 4.69) is 10.4 Å². The summed E-state index contributed by atoms with van der Waals surface area (Å²) >= 11 is 0. The number of rotatable bonds is 5. The highest BCUT2D eigenvalue weighted by molar-refractivity contribution is 5.24. The second-order valence-corrected chi connectivity index (χ2v) is 5.93. The van der Waals surface area contributed by atoms with Gasteiger partial charge in [-0.05, 0) is 38.0 Å². The number of aromatic nitrogens is 2. The number of aliphatic hydroxyl groups excluding tert-OH is 1. The van der Waals surface area contributed by atoms with E-state index >= 15 is 0 Å². The molecule has 1 saturated heterocycles. The van der Waals surface area contributed by atoms with Crippen molar-refractivity contribution in [3.05, 3.63) is 17.5 Å². The van der Waals surface area contributed by atoms with Crippen LogP contribution in [0.4, 0.5) is 0 Å². The van der Waals surface area contributed by atoms with Gasteiger partial charge in [-0.2, -0.15) is 5.10 Å². The molecule has 112 valence electrons. The Bertz CT molecular complexity index is 427. The average molecular weight is 279 g/mol. The van der Waals surface area contributed by atoms with Crippen LogP contribution in [0.15, 0.2) is 6.20 Å². The summed E-state index contributed by atoms with van der Waals surface area (Å²) in [5.41, 5.74) is 2.64. The van der Waals surface area contributed by atoms with E-state index in [-0.39, 0.29) is 6.61 Å². The minimum atomic E-state index is 0.158. The molecule has 2 atom stereocenters. The van der Waals surface area contributed by atoms with Crippen LogP contribution < -0.4 is 5.32 Å². The number of hydrogen-bond donors (Lipinski definition) is 2. The van der Waals surface area contributed by atoms with E-state index < -0.39 is 0 Å². The smallest absolute Gasteiger partial charge is 0.0644 e. The van der Waals surface area contributed by atoms with E-state index in [9.17, 15) is 0 Å². The fraction of sp³-hybridized carbons (Fsp3) is 0.800. The highest BCUT2D eigenvalue weighted by Crippen LogP contribution is 2.30. The Balaban J connectivity index is 1.61. The third-order valence-corrected chi connectivity index (χ3v) is 4.48. The van der Waals surface area contributed by atoms with Gasteiger partial charge in [0, 0.05) is 30.5 Å². The van der Waals surface area contributed by atoms with Gasteiger partial charge in [0.05, 0.1) is 26.0 Å². The Hall–Kier alpha value is -0.910. The minimum Gasteiger partial charge on any atom is -0.394 e. The number of nitrogens with one attached hydrogen (secondary N) is 1. The molecule has 0 radical (unpaired) electrons. The molecule has 1 aromatic heterocycles. The molecule has 2 heterocycles. The maximum absolute atomic E-state index is 9.09. The van der Waals surface area contributed by atoms with Crippen molar-refractivity contribution in [2.45, 2.75) is 44.7 Å². The predicted octanol–water partition coefficient (Wildman–Crippen LogP) is 1.27. The second-order valence-electron chi connectivity index (χ2n) is 5.93. The van der Waals surface area contributed by atoms with Crippen LogP contribution in [0.25, 0.3) is 0 Å². The van der Waals surface area contributed by atoms with Crippen LogP contribution in [0.2, 0.25) is 0 Å². The van der Waals surface area contributed by atoms with Gasteiger partial charge in [-0.1, -0.05) is 0 Å². The van der Waals surface area contributed by atoms with Gasteiger partial charge in [0.15, 0.2) is 0 Å². The summed E-state index contributed by atoms with van der Waals surface area (Å²) in [5.74, 6) is 0.654. The fourth-order valence-electron chi connectivity index (χ4n) is 3.40. The maximum atomic E-state index is 9.09. The van der Waals surface area contributed by atoms with Crippen molar-refractivity contribution in [2.24, 2.45) is 5.92 Å². The third kappa shape index (κ3) is 3.05. The maximum Gasteiger partial charge on any atom is 0.0644 e. The summed E-state index contributed by atoms with van der Waals surface area (Å²) in [5, 5.41) is 17.2. The molecule has 1 aliphatic carbocycles. The van der Waals surface area contributed by atoms with E-state index in [0.717, 1.165) is 26.2 Å². The molecule has 2 N–H and O–H groups in total. The molecule has 0 bridgehead atoms. The monoisotopic (exact) mass is 279 g/mol. The zero-order chi connectivity index (χ0) is 13.8. The lowest BCUT2D eigenvalue weighted by Gasteiger charge is -2.28. The first kappa shape index (κ1) is 14.0. The summed E-state index contributed by atoms with van der Waals surface area (Å²) in [6.45, 7) is 3.63. The molecule has 5 heteroatoms. The Morgan fingerprint density at radius 1 is 1.40 bits per heavy atom. The molecule has 5 nitrogen and oxygen atoms in total. The van der Waals surface area contributed by atoms with Crippen LogP contribution in [-0.2, 0) is 17.7 Å². The van der Waals surface area contributed by atoms with E-state index in [1.807, 2.05) is 10.9 Å². The van der Waals surface area contributed by atoms with Crippen molar-refractivity contribution < 1.29 is 9.84 Å². The number of nitrogens with zero attached hydrogens (tertiary/aromatic N) is 2. The molecule has 0 saturated carbocycles. The van der Waals surface area contributed by atoms with E-state index in [1.54, 1.807) is 0 Å². The van der Waals surface area contributed by atoms with Crippen LogP contribution in [0.5, 0.6) is 0 Å². The molecular formula is C15H25N3O2. The first-order valence-corrected chi connectivity index (χ1v) is 7.85. The van der Waals surface area contributed by atoms with Crippen LogP contribution in [0, 0.1) is 5.92 Å². The molecule has 2 unspecified atom stereocenters. The molecule has 1 aromatic rings. The first-order chi connectivity index (χ1) is 9.88. The van der Waals surface area contributed by atoms with E-state index in [1.165, 1.54) is 36.9 Å². The lowest BCUT2D eigenvalue weighted by molar-refractivity contribution is 0.0535. The van der Waals surface area contributed by atoms with Gasteiger partial charge in [0.1, 0.15) is 0 Å². The minimum absolute atomic E-state index is 0.158. The molecule has 1 fully saturated rings. The quantitative estimate of drug-likeness (QED) is 0.852. The van der Waals surface area contributed by atoms with Crippen molar-refractivity contribution in [3.63, 3.8) is 0 Å². The van der Waals surface area contributed by atoms with Crippen molar-refractivity contribution in [1.29, 1.82) is 0 Å². The second kappa shape index (κ2) is 6.70. The van der Waals surface area contributed by atoms with Crippen molar-refractivity contribution >= 4 is 0 Å². The summed E-state index contributed by atoms with van der Waals surface area (Å²) in [6.07, 6.45) is 7.92. The topological polar surface area (TPSA) is 59.3 Å². The molecule has 1 aliphatic heterocycles. The summed E-state index contributed by atoms with van der Waals surface area (Å²) < 4.78 is 7.51. The van der Waals surface area contributed by atoms with Crippen molar-refractivity contribution in [2.75, 3.05) is 26.4 Å². The van der Waals surface area contributed by atoms with Gasteiger partial charge < -0.3 is 15.2 Å². The van der Waals surface area contributed by atoms with Gasteiger partial charge in [0.25, 0.3) is 0 Å². The Kier molecular flexibility index (Phi) is 4.70. The number of aliphatic hydroxyl groups is 1. The lowest BCUT2D eigenvalue weighted by Crippen LogP contribution is -2.33. The Labute approximate surface area is 120 Å². The van der Waals surface area contributed by atoms with Gasteiger partial charge in [0.2, 0.25) is 0 Å². The van der Waals surface area contributed by atoms with Gasteiger partial charge >= 0.3 is 0 Å². The van der Waals surface area contributed by atoms with Crippen molar-refractivity contribution in [1.82, 2.24) is 15.1 Å². The number of fused-ring (bicyclic) bond motifs is 1. The normalized spacial score (nSPS) is 26.4. The SMILES string of the molecule is OCCn1ncc2c1CCCC2NCC1CCCOC1. The van der Waals surface area contributed by atoms with E-state index in [4.69, 9.17) is 9.84 Å². The molecule has 3 rings (SSSR count). The van der Waals surface area contributed by atoms with Crippen LogP contribution >= 0.6 is 0 Å².